The zero-order chi connectivity index (χ0) is 17.8. The molecule has 0 spiro atoms. The van der Waals surface area contributed by atoms with Gasteiger partial charge in [-0.2, -0.15) is 0 Å². The van der Waals surface area contributed by atoms with Crippen LogP contribution in [0.3, 0.4) is 0 Å². The van der Waals surface area contributed by atoms with Crippen LogP contribution in [0.2, 0.25) is 0 Å². The van der Waals surface area contributed by atoms with Crippen molar-refractivity contribution in [3.8, 4) is 0 Å². The fourth-order valence-corrected chi connectivity index (χ4v) is 2.55. The first kappa shape index (κ1) is 20.2. The molecule has 6 heteroatoms. The summed E-state index contributed by atoms with van der Waals surface area (Å²) in [5.41, 5.74) is 0. The molecule has 0 fully saturated rings. The van der Waals surface area contributed by atoms with Crippen molar-refractivity contribution in [1.82, 2.24) is 15.5 Å². The molecule has 0 aliphatic carbocycles. The Morgan fingerprint density at radius 3 is 2.50 bits per heavy atom. The van der Waals surface area contributed by atoms with E-state index in [-0.39, 0.29) is 11.8 Å². The Hall–Kier alpha value is -1.82. The molecule has 1 atom stereocenters. The summed E-state index contributed by atoms with van der Waals surface area (Å²) >= 11 is 0. The first-order valence-electron chi connectivity index (χ1n) is 8.88. The van der Waals surface area contributed by atoms with Crippen LogP contribution in [-0.2, 0) is 16.1 Å². The Balaban J connectivity index is 2.21. The molecule has 2 N–H and O–H groups in total. The molecule has 1 aromatic rings. The van der Waals surface area contributed by atoms with Crippen molar-refractivity contribution in [2.45, 2.75) is 59.0 Å². The van der Waals surface area contributed by atoms with Crippen LogP contribution in [0.1, 0.15) is 52.2 Å². The predicted octanol–water partition coefficient (Wildman–Crippen LogP) is 2.30. The Morgan fingerprint density at radius 1 is 1.21 bits per heavy atom. The number of carbonyl (C=O) groups excluding carboxylic acids is 2. The molecular weight excluding hydrogens is 306 g/mol. The van der Waals surface area contributed by atoms with Gasteiger partial charge in [-0.05, 0) is 58.0 Å². The van der Waals surface area contributed by atoms with Crippen molar-refractivity contribution in [3.05, 3.63) is 24.2 Å². The van der Waals surface area contributed by atoms with Gasteiger partial charge < -0.3 is 20.0 Å². The summed E-state index contributed by atoms with van der Waals surface area (Å²) in [7, 11) is 0. The van der Waals surface area contributed by atoms with Crippen LogP contribution in [0.5, 0.6) is 0 Å². The normalized spacial score (nSPS) is 12.2. The molecule has 0 saturated carbocycles. The number of hydrogen-bond acceptors (Lipinski definition) is 4. The van der Waals surface area contributed by atoms with Crippen LogP contribution in [0.25, 0.3) is 0 Å². The summed E-state index contributed by atoms with van der Waals surface area (Å²) < 4.78 is 5.15. The predicted molar refractivity (Wildman–Crippen MR) is 94.4 cm³/mol. The van der Waals surface area contributed by atoms with E-state index in [1.165, 1.54) is 0 Å². The summed E-state index contributed by atoms with van der Waals surface area (Å²) in [5.74, 6) is 0.399. The van der Waals surface area contributed by atoms with Crippen LogP contribution >= 0.6 is 0 Å². The Labute approximate surface area is 145 Å². The number of furan rings is 1. The van der Waals surface area contributed by atoms with E-state index in [2.05, 4.69) is 29.4 Å². The highest BCUT2D eigenvalue weighted by Gasteiger charge is 2.15. The molecule has 0 aromatic carbocycles. The van der Waals surface area contributed by atoms with Crippen LogP contribution in [-0.4, -0.2) is 42.4 Å². The minimum Gasteiger partial charge on any atom is -0.467 e. The van der Waals surface area contributed by atoms with Crippen LogP contribution in [0.4, 0.5) is 0 Å². The fourth-order valence-electron chi connectivity index (χ4n) is 2.55. The second-order valence-electron chi connectivity index (χ2n) is 6.03. The standard InChI is InChI=1S/C18H31N3O3/c1-4-10-21(11-5-2)12-6-9-17(22)20-15(3)18(23)19-14-16-8-7-13-24-16/h7-8,13,15H,4-6,9-12,14H2,1-3H3,(H,19,23)(H,20,22)/t15-/m0/s1. The molecule has 0 aliphatic rings. The first-order valence-corrected chi connectivity index (χ1v) is 8.88. The van der Waals surface area contributed by atoms with Gasteiger partial charge in [0, 0.05) is 6.42 Å². The number of hydrogen-bond donors (Lipinski definition) is 2. The highest BCUT2D eigenvalue weighted by atomic mass is 16.3. The maximum absolute atomic E-state index is 12.0. The maximum atomic E-state index is 12.0. The molecule has 0 bridgehead atoms. The Bertz CT molecular complexity index is 468. The molecule has 0 saturated heterocycles. The minimum atomic E-state index is -0.546. The van der Waals surface area contributed by atoms with Crippen molar-refractivity contribution in [2.24, 2.45) is 0 Å². The van der Waals surface area contributed by atoms with Gasteiger partial charge in [0.2, 0.25) is 11.8 Å². The Morgan fingerprint density at radius 2 is 1.92 bits per heavy atom. The van der Waals surface area contributed by atoms with Crippen molar-refractivity contribution < 1.29 is 14.0 Å². The second-order valence-corrected chi connectivity index (χ2v) is 6.03. The van der Waals surface area contributed by atoms with Gasteiger partial charge in [0.1, 0.15) is 11.8 Å². The average molecular weight is 337 g/mol. The van der Waals surface area contributed by atoms with Crippen molar-refractivity contribution in [1.29, 1.82) is 0 Å². The van der Waals surface area contributed by atoms with E-state index in [4.69, 9.17) is 4.42 Å². The largest absolute Gasteiger partial charge is 0.467 e. The van der Waals surface area contributed by atoms with E-state index in [0.29, 0.717) is 18.7 Å². The third-order valence-corrected chi connectivity index (χ3v) is 3.75. The van der Waals surface area contributed by atoms with E-state index >= 15 is 0 Å². The average Bonchev–Trinajstić information content (AvgIpc) is 3.06. The van der Waals surface area contributed by atoms with E-state index in [9.17, 15) is 9.59 Å². The number of amides is 2. The topological polar surface area (TPSA) is 74.6 Å². The van der Waals surface area contributed by atoms with E-state index < -0.39 is 6.04 Å². The lowest BCUT2D eigenvalue weighted by molar-refractivity contribution is -0.128. The van der Waals surface area contributed by atoms with Gasteiger partial charge in [0.15, 0.2) is 0 Å². The van der Waals surface area contributed by atoms with Gasteiger partial charge in [0.05, 0.1) is 12.8 Å². The summed E-state index contributed by atoms with van der Waals surface area (Å²) in [4.78, 5) is 26.3. The SMILES string of the molecule is CCCN(CCC)CCCC(=O)N[C@@H](C)C(=O)NCc1ccco1. The van der Waals surface area contributed by atoms with Crippen molar-refractivity contribution in [3.63, 3.8) is 0 Å². The van der Waals surface area contributed by atoms with E-state index in [1.54, 1.807) is 25.3 Å². The molecule has 6 nitrogen and oxygen atoms in total. The maximum Gasteiger partial charge on any atom is 0.242 e. The monoisotopic (exact) mass is 337 g/mol. The van der Waals surface area contributed by atoms with Crippen LogP contribution in [0, 0.1) is 0 Å². The molecule has 1 rings (SSSR count). The lowest BCUT2D eigenvalue weighted by Gasteiger charge is -2.20. The van der Waals surface area contributed by atoms with Gasteiger partial charge in [0.25, 0.3) is 0 Å². The minimum absolute atomic E-state index is 0.0800. The smallest absolute Gasteiger partial charge is 0.242 e. The summed E-state index contributed by atoms with van der Waals surface area (Å²) in [6.07, 6.45) is 5.07. The number of nitrogens with one attached hydrogen (secondary N) is 2. The van der Waals surface area contributed by atoms with Gasteiger partial charge in [-0.15, -0.1) is 0 Å². The Kier molecular flexibility index (Phi) is 9.84. The number of carbonyl (C=O) groups is 2. The number of rotatable bonds is 12. The summed E-state index contributed by atoms with van der Waals surface area (Å²) in [6, 6.07) is 3.02. The number of nitrogens with zero attached hydrogens (tertiary/aromatic N) is 1. The lowest BCUT2D eigenvalue weighted by atomic mass is 10.2. The van der Waals surface area contributed by atoms with Crippen LogP contribution < -0.4 is 10.6 Å². The highest BCUT2D eigenvalue weighted by Crippen LogP contribution is 2.01. The molecule has 1 aromatic heterocycles. The molecule has 136 valence electrons. The van der Waals surface area contributed by atoms with Crippen molar-refractivity contribution >= 4 is 11.8 Å². The van der Waals surface area contributed by atoms with Gasteiger partial charge in [-0.3, -0.25) is 9.59 Å². The molecule has 24 heavy (non-hydrogen) atoms. The molecule has 0 aliphatic heterocycles. The summed E-state index contributed by atoms with van der Waals surface area (Å²) in [5, 5.41) is 5.49. The molecule has 0 unspecified atom stereocenters. The van der Waals surface area contributed by atoms with Crippen LogP contribution in [0.15, 0.2) is 22.8 Å². The first-order chi connectivity index (χ1) is 11.6. The van der Waals surface area contributed by atoms with Crippen molar-refractivity contribution in [2.75, 3.05) is 19.6 Å². The van der Waals surface area contributed by atoms with E-state index in [1.807, 2.05) is 0 Å². The third kappa shape index (κ3) is 8.15. The second kappa shape index (κ2) is 11.7. The van der Waals surface area contributed by atoms with Gasteiger partial charge in [-0.25, -0.2) is 0 Å². The zero-order valence-electron chi connectivity index (χ0n) is 15.1. The highest BCUT2D eigenvalue weighted by molar-refractivity contribution is 5.87. The quantitative estimate of drug-likeness (QED) is 0.614. The van der Waals surface area contributed by atoms with E-state index in [0.717, 1.165) is 38.9 Å². The molecular formula is C18H31N3O3. The third-order valence-electron chi connectivity index (χ3n) is 3.75. The zero-order valence-corrected chi connectivity index (χ0v) is 15.1. The fraction of sp³-hybridized carbons (Fsp3) is 0.667. The molecule has 2 amide bonds. The van der Waals surface area contributed by atoms with Gasteiger partial charge >= 0.3 is 0 Å². The van der Waals surface area contributed by atoms with Gasteiger partial charge in [-0.1, -0.05) is 13.8 Å². The molecule has 0 radical (unpaired) electrons. The summed E-state index contributed by atoms with van der Waals surface area (Å²) in [6.45, 7) is 9.41. The lowest BCUT2D eigenvalue weighted by Crippen LogP contribution is -2.44. The molecule has 1 heterocycles.